The fourth-order valence-corrected chi connectivity index (χ4v) is 1.59. The number of benzene rings is 1. The van der Waals surface area contributed by atoms with E-state index in [0.717, 1.165) is 10.9 Å². The van der Waals surface area contributed by atoms with Gasteiger partial charge in [0.15, 0.2) is 0 Å². The molecule has 0 unspecified atom stereocenters. The second kappa shape index (κ2) is 2.37. The summed E-state index contributed by atoms with van der Waals surface area (Å²) in [5, 5.41) is 1.13. The van der Waals surface area contributed by atoms with Crippen LogP contribution in [-0.2, 0) is 0 Å². The quantitative estimate of drug-likeness (QED) is 0.537. The molecule has 2 rings (SSSR count). The second-order valence-electron chi connectivity index (χ2n) is 2.22. The minimum atomic E-state index is 0.915. The van der Waals surface area contributed by atoms with Crippen LogP contribution in [0.15, 0.2) is 24.4 Å². The summed E-state index contributed by atoms with van der Waals surface area (Å²) in [5.74, 6) is 2.59. The zero-order valence-electron chi connectivity index (χ0n) is 5.74. The van der Waals surface area contributed by atoms with Crippen molar-refractivity contribution in [1.29, 1.82) is 0 Å². The molecule has 0 N–H and O–H groups in total. The molecule has 0 amide bonds. The number of hydrogen-bond acceptors (Lipinski definition) is 2. The van der Waals surface area contributed by atoms with Gasteiger partial charge >= 0.3 is 0 Å². The molecule has 2 aromatic rings. The summed E-state index contributed by atoms with van der Waals surface area (Å²) in [7, 11) is 0. The van der Waals surface area contributed by atoms with Crippen molar-refractivity contribution in [2.24, 2.45) is 0 Å². The Morgan fingerprint density at radius 2 is 2.36 bits per heavy atom. The summed E-state index contributed by atoms with van der Waals surface area (Å²) in [6, 6.07) is 5.90. The third-order valence-electron chi connectivity index (χ3n) is 1.52. The van der Waals surface area contributed by atoms with Crippen LogP contribution in [0.3, 0.4) is 0 Å². The van der Waals surface area contributed by atoms with Gasteiger partial charge in [-0.2, -0.15) is 4.37 Å². The van der Waals surface area contributed by atoms with Gasteiger partial charge in [-0.1, -0.05) is 5.92 Å². The van der Waals surface area contributed by atoms with E-state index in [1.807, 2.05) is 24.4 Å². The molecule has 0 aliphatic rings. The van der Waals surface area contributed by atoms with Crippen LogP contribution in [0.2, 0.25) is 0 Å². The lowest BCUT2D eigenvalue weighted by Gasteiger charge is -1.88. The van der Waals surface area contributed by atoms with E-state index in [2.05, 4.69) is 10.3 Å². The molecule has 2 heteroatoms. The third-order valence-corrected chi connectivity index (χ3v) is 2.30. The summed E-state index contributed by atoms with van der Waals surface area (Å²) < 4.78 is 5.23. The molecule has 52 valence electrons. The number of terminal acetylenes is 1. The van der Waals surface area contributed by atoms with E-state index in [0.29, 0.717) is 0 Å². The zero-order valence-corrected chi connectivity index (χ0v) is 6.56. The molecule has 1 heterocycles. The van der Waals surface area contributed by atoms with Gasteiger partial charge in [-0.15, -0.1) is 6.42 Å². The molecule has 11 heavy (non-hydrogen) atoms. The Balaban J connectivity index is 2.79. The first-order chi connectivity index (χ1) is 5.40. The Kier molecular flexibility index (Phi) is 1.38. The highest BCUT2D eigenvalue weighted by atomic mass is 32.1. The van der Waals surface area contributed by atoms with Crippen molar-refractivity contribution in [2.45, 2.75) is 0 Å². The van der Waals surface area contributed by atoms with E-state index in [4.69, 9.17) is 6.42 Å². The Labute approximate surface area is 68.8 Å². The molecule has 1 aromatic carbocycles. The Hall–Kier alpha value is -1.33. The Morgan fingerprint density at radius 3 is 3.18 bits per heavy atom. The lowest BCUT2D eigenvalue weighted by molar-refractivity contribution is 1.60. The average molecular weight is 159 g/mol. The molecular formula is C9H5NS. The lowest BCUT2D eigenvalue weighted by atomic mass is 10.2. The number of fused-ring (bicyclic) bond motifs is 1. The molecule has 0 aliphatic heterocycles. The molecule has 1 aromatic heterocycles. The van der Waals surface area contributed by atoms with Crippen LogP contribution in [0, 0.1) is 12.3 Å². The summed E-state index contributed by atoms with van der Waals surface area (Å²) in [4.78, 5) is 0. The molecule has 1 nitrogen and oxygen atoms in total. The van der Waals surface area contributed by atoms with Gasteiger partial charge < -0.3 is 0 Å². The van der Waals surface area contributed by atoms with Crippen LogP contribution in [0.4, 0.5) is 0 Å². The highest BCUT2D eigenvalue weighted by Crippen LogP contribution is 2.18. The largest absolute Gasteiger partial charge is 0.200 e. The molecule has 0 bridgehead atoms. The molecule has 0 atom stereocenters. The van der Waals surface area contributed by atoms with Gasteiger partial charge in [0.25, 0.3) is 0 Å². The highest BCUT2D eigenvalue weighted by Gasteiger charge is 1.94. The van der Waals surface area contributed by atoms with E-state index < -0.39 is 0 Å². The fraction of sp³-hybridized carbons (Fsp3) is 0. The van der Waals surface area contributed by atoms with Crippen LogP contribution < -0.4 is 0 Å². The fourth-order valence-electron chi connectivity index (χ4n) is 0.962. The molecule has 0 saturated carbocycles. The van der Waals surface area contributed by atoms with Crippen molar-refractivity contribution >= 4 is 21.6 Å². The SMILES string of the molecule is C#Cc1ccc2sncc2c1. The van der Waals surface area contributed by atoms with Crippen LogP contribution in [0.5, 0.6) is 0 Å². The van der Waals surface area contributed by atoms with Crippen LogP contribution in [0.1, 0.15) is 5.56 Å². The summed E-state index contributed by atoms with van der Waals surface area (Å²) in [5.41, 5.74) is 0.915. The van der Waals surface area contributed by atoms with Crippen molar-refractivity contribution in [3.05, 3.63) is 30.0 Å². The maximum atomic E-state index is 5.24. The first-order valence-electron chi connectivity index (χ1n) is 3.21. The maximum absolute atomic E-state index is 5.24. The molecule has 0 radical (unpaired) electrons. The van der Waals surface area contributed by atoms with Crippen LogP contribution >= 0.6 is 11.5 Å². The standard InChI is InChI=1S/C9H5NS/c1-2-7-3-4-9-8(5-7)6-10-11-9/h1,3-6H. The van der Waals surface area contributed by atoms with Gasteiger partial charge in [0.05, 0.1) is 4.70 Å². The van der Waals surface area contributed by atoms with E-state index in [1.165, 1.54) is 16.2 Å². The van der Waals surface area contributed by atoms with Crippen LogP contribution in [0.25, 0.3) is 10.1 Å². The van der Waals surface area contributed by atoms with Gasteiger partial charge in [0, 0.05) is 17.1 Å². The van der Waals surface area contributed by atoms with Gasteiger partial charge in [0.2, 0.25) is 0 Å². The van der Waals surface area contributed by atoms with Gasteiger partial charge in [-0.3, -0.25) is 0 Å². The van der Waals surface area contributed by atoms with Crippen molar-refractivity contribution in [3.63, 3.8) is 0 Å². The third kappa shape index (κ3) is 0.997. The average Bonchev–Trinajstić information content (AvgIpc) is 2.50. The van der Waals surface area contributed by atoms with E-state index in [9.17, 15) is 0 Å². The predicted molar refractivity (Wildman–Crippen MR) is 47.6 cm³/mol. The maximum Gasteiger partial charge on any atom is 0.0550 e. The molecular weight excluding hydrogens is 154 g/mol. The van der Waals surface area contributed by atoms with Crippen LogP contribution in [-0.4, -0.2) is 4.37 Å². The van der Waals surface area contributed by atoms with E-state index in [-0.39, 0.29) is 0 Å². The van der Waals surface area contributed by atoms with Gasteiger partial charge in [-0.05, 0) is 29.7 Å². The van der Waals surface area contributed by atoms with Gasteiger partial charge in [0.1, 0.15) is 0 Å². The van der Waals surface area contributed by atoms with E-state index in [1.54, 1.807) is 0 Å². The van der Waals surface area contributed by atoms with Crippen molar-refractivity contribution < 1.29 is 0 Å². The van der Waals surface area contributed by atoms with Crippen molar-refractivity contribution in [3.8, 4) is 12.3 Å². The van der Waals surface area contributed by atoms with Gasteiger partial charge in [-0.25, -0.2) is 0 Å². The monoisotopic (exact) mass is 159 g/mol. The minimum Gasteiger partial charge on any atom is -0.200 e. The number of rotatable bonds is 0. The predicted octanol–water partition coefficient (Wildman–Crippen LogP) is 2.28. The smallest absolute Gasteiger partial charge is 0.0550 e. The molecule has 0 saturated heterocycles. The Bertz CT molecular complexity index is 422. The zero-order chi connectivity index (χ0) is 7.68. The summed E-state index contributed by atoms with van der Waals surface area (Å²) in [6.07, 6.45) is 7.08. The molecule has 0 aliphatic carbocycles. The van der Waals surface area contributed by atoms with E-state index >= 15 is 0 Å². The minimum absolute atomic E-state index is 0.915. The highest BCUT2D eigenvalue weighted by molar-refractivity contribution is 7.13. The summed E-state index contributed by atoms with van der Waals surface area (Å²) >= 11 is 1.49. The van der Waals surface area contributed by atoms with Crippen molar-refractivity contribution in [2.75, 3.05) is 0 Å². The lowest BCUT2D eigenvalue weighted by Crippen LogP contribution is -1.69. The second-order valence-corrected chi connectivity index (χ2v) is 3.06. The summed E-state index contributed by atoms with van der Waals surface area (Å²) in [6.45, 7) is 0. The first-order valence-corrected chi connectivity index (χ1v) is 3.98. The topological polar surface area (TPSA) is 12.9 Å². The Morgan fingerprint density at radius 1 is 1.45 bits per heavy atom. The normalized spacial score (nSPS) is 9.73. The molecule has 0 fully saturated rings. The first kappa shape index (κ1) is 6.38. The number of aromatic nitrogens is 1. The number of nitrogens with zero attached hydrogens (tertiary/aromatic N) is 1. The van der Waals surface area contributed by atoms with Crippen molar-refractivity contribution in [1.82, 2.24) is 4.37 Å². The number of hydrogen-bond donors (Lipinski definition) is 0. The molecule has 0 spiro atoms.